The second-order valence-corrected chi connectivity index (χ2v) is 9.11. The van der Waals surface area contributed by atoms with E-state index in [1.54, 1.807) is 0 Å². The normalized spacial score (nSPS) is 26.1. The molecule has 1 aromatic rings. The molecule has 1 heterocycles. The average Bonchev–Trinajstić information content (AvgIpc) is 2.64. The van der Waals surface area contributed by atoms with Crippen molar-refractivity contribution in [3.05, 3.63) is 29.3 Å². The number of rotatable bonds is 4. The highest BCUT2D eigenvalue weighted by molar-refractivity contribution is 5.99. The Morgan fingerprint density at radius 3 is 2.33 bits per heavy atom. The van der Waals surface area contributed by atoms with E-state index < -0.39 is 5.54 Å². The van der Waals surface area contributed by atoms with Crippen molar-refractivity contribution in [2.75, 3.05) is 32.5 Å². The number of carbonyl (C=O) groups is 1. The molecule has 1 saturated heterocycles. The summed E-state index contributed by atoms with van der Waals surface area (Å²) in [4.78, 5) is 18.2. The van der Waals surface area contributed by atoms with Gasteiger partial charge in [0.25, 0.3) is 0 Å². The van der Waals surface area contributed by atoms with Crippen LogP contribution in [-0.4, -0.2) is 54.5 Å². The van der Waals surface area contributed by atoms with Crippen molar-refractivity contribution in [3.8, 4) is 0 Å². The van der Waals surface area contributed by atoms with Crippen molar-refractivity contribution in [2.45, 2.75) is 70.9 Å². The number of carbonyl (C=O) groups excluding carboxylic acids is 1. The largest absolute Gasteiger partial charge is 0.324 e. The Morgan fingerprint density at radius 1 is 1.15 bits per heavy atom. The van der Waals surface area contributed by atoms with Gasteiger partial charge in [0.1, 0.15) is 5.54 Å². The van der Waals surface area contributed by atoms with Crippen LogP contribution in [-0.2, 0) is 4.79 Å². The number of likely N-dealkylation sites (N-methyl/N-ethyl adjacent to an activating group) is 1. The van der Waals surface area contributed by atoms with Crippen LogP contribution >= 0.6 is 0 Å². The van der Waals surface area contributed by atoms with Crippen LogP contribution in [0.3, 0.4) is 0 Å². The van der Waals surface area contributed by atoms with Gasteiger partial charge < -0.3 is 10.2 Å². The van der Waals surface area contributed by atoms with E-state index in [0.717, 1.165) is 54.7 Å². The maximum atomic E-state index is 13.4. The molecule has 1 aromatic carbocycles. The minimum Gasteiger partial charge on any atom is -0.324 e. The first-order valence-electron chi connectivity index (χ1n) is 10.6. The lowest BCUT2D eigenvalue weighted by Crippen LogP contribution is -2.60. The van der Waals surface area contributed by atoms with Gasteiger partial charge in [0.2, 0.25) is 5.91 Å². The molecule has 1 aliphatic heterocycles. The van der Waals surface area contributed by atoms with Gasteiger partial charge in [-0.05, 0) is 70.7 Å². The van der Waals surface area contributed by atoms with E-state index in [0.29, 0.717) is 0 Å². The molecule has 150 valence electrons. The Labute approximate surface area is 165 Å². The molecule has 0 aromatic heterocycles. The maximum absolute atomic E-state index is 13.4. The first-order valence-corrected chi connectivity index (χ1v) is 10.6. The van der Waals surface area contributed by atoms with Crippen molar-refractivity contribution in [1.29, 1.82) is 0 Å². The number of hydrogen-bond acceptors (Lipinski definition) is 3. The van der Waals surface area contributed by atoms with Crippen LogP contribution in [0.5, 0.6) is 0 Å². The number of hydrogen-bond donors (Lipinski definition) is 1. The minimum absolute atomic E-state index is 0.154. The molecule has 1 saturated carbocycles. The molecule has 2 unspecified atom stereocenters. The zero-order chi connectivity index (χ0) is 19.6. The molecule has 1 N–H and O–H groups in total. The van der Waals surface area contributed by atoms with Gasteiger partial charge in [-0.1, -0.05) is 38.0 Å². The number of nitrogens with zero attached hydrogens (tertiary/aromatic N) is 2. The lowest BCUT2D eigenvalue weighted by Gasteiger charge is -2.47. The van der Waals surface area contributed by atoms with E-state index in [1.165, 1.54) is 25.7 Å². The number of aryl methyl sites for hydroxylation is 2. The minimum atomic E-state index is -0.411. The molecular formula is C23H37N3O. The summed E-state index contributed by atoms with van der Waals surface area (Å²) in [5.41, 5.74) is 2.83. The van der Waals surface area contributed by atoms with Crippen molar-refractivity contribution < 1.29 is 4.79 Å². The number of piperidine rings is 1. The van der Waals surface area contributed by atoms with Crippen LogP contribution in [0.15, 0.2) is 18.2 Å². The fraction of sp³-hybridized carbons (Fsp3) is 0.696. The highest BCUT2D eigenvalue weighted by atomic mass is 16.2. The summed E-state index contributed by atoms with van der Waals surface area (Å²) in [5.74, 6) is 0.998. The molecular weight excluding hydrogens is 334 g/mol. The van der Waals surface area contributed by atoms with E-state index in [1.807, 2.05) is 6.07 Å². The van der Waals surface area contributed by atoms with E-state index in [4.69, 9.17) is 0 Å². The van der Waals surface area contributed by atoms with E-state index in [-0.39, 0.29) is 5.91 Å². The number of amides is 1. The van der Waals surface area contributed by atoms with Crippen LogP contribution in [0.2, 0.25) is 0 Å². The SMILES string of the molecule is Cc1cccc(C)c1NC(=O)C1(N(C)C)CCN(C2CCCC(C)C2)CC1. The zero-order valence-corrected chi connectivity index (χ0v) is 17.8. The second-order valence-electron chi connectivity index (χ2n) is 9.11. The number of nitrogens with one attached hydrogen (secondary N) is 1. The lowest BCUT2D eigenvalue weighted by atomic mass is 9.81. The Kier molecular flexibility index (Phi) is 6.27. The number of likely N-dealkylation sites (tertiary alicyclic amines) is 1. The van der Waals surface area contributed by atoms with Gasteiger partial charge in [0.15, 0.2) is 0 Å². The summed E-state index contributed by atoms with van der Waals surface area (Å²) in [6.45, 7) is 8.57. The molecule has 2 atom stereocenters. The average molecular weight is 372 g/mol. The first kappa shape index (κ1) is 20.3. The number of benzene rings is 1. The molecule has 1 aliphatic carbocycles. The lowest BCUT2D eigenvalue weighted by molar-refractivity contribution is -0.130. The summed E-state index contributed by atoms with van der Waals surface area (Å²) in [7, 11) is 4.12. The third-order valence-corrected chi connectivity index (χ3v) is 7.05. The molecule has 0 spiro atoms. The predicted octanol–water partition coefficient (Wildman–Crippen LogP) is 4.22. The standard InChI is InChI=1S/C23H37N3O/c1-17-8-6-11-20(16-17)26-14-12-23(13-15-26,25(4)5)22(27)24-21-18(2)9-7-10-19(21)3/h7,9-10,17,20H,6,8,11-16H2,1-5H3,(H,24,27). The summed E-state index contributed by atoms with van der Waals surface area (Å²) in [6.07, 6.45) is 7.19. The van der Waals surface area contributed by atoms with Gasteiger partial charge >= 0.3 is 0 Å². The molecule has 0 bridgehead atoms. The molecule has 3 rings (SSSR count). The molecule has 0 radical (unpaired) electrons. The van der Waals surface area contributed by atoms with Crippen molar-refractivity contribution in [3.63, 3.8) is 0 Å². The van der Waals surface area contributed by atoms with Crippen LogP contribution in [0.25, 0.3) is 0 Å². The Bertz CT molecular complexity index is 641. The third-order valence-electron chi connectivity index (χ3n) is 7.05. The van der Waals surface area contributed by atoms with Crippen LogP contribution in [0, 0.1) is 19.8 Å². The summed E-state index contributed by atoms with van der Waals surface area (Å²) in [6, 6.07) is 6.90. The molecule has 2 aliphatic rings. The van der Waals surface area contributed by atoms with Gasteiger partial charge in [0, 0.05) is 24.8 Å². The number of para-hydroxylation sites is 1. The van der Waals surface area contributed by atoms with Crippen molar-refractivity contribution >= 4 is 11.6 Å². The topological polar surface area (TPSA) is 35.6 Å². The van der Waals surface area contributed by atoms with Gasteiger partial charge in [-0.2, -0.15) is 0 Å². The monoisotopic (exact) mass is 371 g/mol. The first-order chi connectivity index (χ1) is 12.8. The predicted molar refractivity (Wildman–Crippen MR) is 113 cm³/mol. The Balaban J connectivity index is 1.71. The van der Waals surface area contributed by atoms with Gasteiger partial charge in [-0.3, -0.25) is 9.69 Å². The number of anilines is 1. The van der Waals surface area contributed by atoms with Gasteiger partial charge in [-0.25, -0.2) is 0 Å². The van der Waals surface area contributed by atoms with Gasteiger partial charge in [0.05, 0.1) is 0 Å². The van der Waals surface area contributed by atoms with E-state index >= 15 is 0 Å². The molecule has 1 amide bonds. The molecule has 27 heavy (non-hydrogen) atoms. The molecule has 4 nitrogen and oxygen atoms in total. The zero-order valence-electron chi connectivity index (χ0n) is 17.8. The smallest absolute Gasteiger partial charge is 0.244 e. The highest BCUT2D eigenvalue weighted by Crippen LogP contribution is 2.34. The second kappa shape index (κ2) is 8.32. The summed E-state index contributed by atoms with van der Waals surface area (Å²) < 4.78 is 0. The molecule has 4 heteroatoms. The van der Waals surface area contributed by atoms with Crippen LogP contribution in [0.1, 0.15) is 56.6 Å². The fourth-order valence-electron chi connectivity index (χ4n) is 5.11. The third kappa shape index (κ3) is 4.22. The molecule has 2 fully saturated rings. The fourth-order valence-corrected chi connectivity index (χ4v) is 5.11. The highest BCUT2D eigenvalue weighted by Gasteiger charge is 2.44. The maximum Gasteiger partial charge on any atom is 0.244 e. The van der Waals surface area contributed by atoms with E-state index in [9.17, 15) is 4.79 Å². The van der Waals surface area contributed by atoms with E-state index in [2.05, 4.69) is 62.1 Å². The van der Waals surface area contributed by atoms with Gasteiger partial charge in [-0.15, -0.1) is 0 Å². The van der Waals surface area contributed by atoms with Crippen LogP contribution in [0.4, 0.5) is 5.69 Å². The summed E-state index contributed by atoms with van der Waals surface area (Å²) in [5, 5.41) is 3.27. The van der Waals surface area contributed by atoms with Crippen molar-refractivity contribution in [1.82, 2.24) is 9.80 Å². The quantitative estimate of drug-likeness (QED) is 0.861. The van der Waals surface area contributed by atoms with Crippen molar-refractivity contribution in [2.24, 2.45) is 5.92 Å². The Hall–Kier alpha value is -1.39. The Morgan fingerprint density at radius 2 is 1.78 bits per heavy atom. The summed E-state index contributed by atoms with van der Waals surface area (Å²) >= 11 is 0. The van der Waals surface area contributed by atoms with Crippen LogP contribution < -0.4 is 5.32 Å².